The summed E-state index contributed by atoms with van der Waals surface area (Å²) in [6.45, 7) is 17.7. The molecular formula is C73H93ClF8KN4O29-. The van der Waals surface area contributed by atoms with Gasteiger partial charge in [0.05, 0.1) is 105 Å². The first kappa shape index (κ1) is 115. The number of alkyl halides is 8. The average Bonchev–Trinajstić information content (AvgIpc) is 1.64. The molecule has 43 heteroatoms. The molecule has 0 fully saturated rings. The monoisotopic (exact) mass is 1720 g/mol. The smallest absolute Gasteiger partial charge is 0.870 e. The molecule has 6 rings (SSSR count). The number of carbonyl (C=O) groups is 17. The molecule has 116 heavy (non-hydrogen) atoms. The van der Waals surface area contributed by atoms with E-state index in [1.165, 1.54) is 61.7 Å². The SMILES string of the molecule is CC(C)(C)OC(=O)CCC(=O)O.CCOC(=O)CC(=O)CCC(=O)OC(C)(C)C.CCOC(=O)CC(F)(F)CCC(=O)OC(C)(C)C.CCOC(=O)C[C-]=O.Cl.NC(=O)CC(F)(F)CN1C(=O)c2ccccc2C1=O.NCC(F)(F)CC(=O)O.O=C(O)CC(F)(F)CN1C(=O)c2ccccc2C1=O.O=C1OC(=O)c2ccccc21.[K+].[OH-]. The van der Waals surface area contributed by atoms with E-state index in [2.05, 4.69) is 24.7 Å². The number of ketones is 1. The number of halogens is 9. The second kappa shape index (κ2) is 54.3. The summed E-state index contributed by atoms with van der Waals surface area (Å²) in [5, 5.41) is 24.5. The van der Waals surface area contributed by atoms with Gasteiger partial charge in [0.1, 0.15) is 48.3 Å². The molecule has 3 aliphatic heterocycles. The summed E-state index contributed by atoms with van der Waals surface area (Å²) in [4.78, 5) is 196. The van der Waals surface area contributed by atoms with Crippen LogP contribution in [0.5, 0.6) is 0 Å². The van der Waals surface area contributed by atoms with Crippen molar-refractivity contribution in [2.24, 2.45) is 11.5 Å². The van der Waals surface area contributed by atoms with E-state index in [9.17, 15) is 121 Å². The van der Waals surface area contributed by atoms with Gasteiger partial charge in [-0.2, -0.15) is 0 Å². The summed E-state index contributed by atoms with van der Waals surface area (Å²) in [5.74, 6) is -27.4. The Bertz CT molecular complexity index is 3660. The zero-order valence-corrected chi connectivity index (χ0v) is 69.6. The number of carbonyl (C=O) groups excluding carboxylic acids is 15. The number of fused-ring (bicyclic) bond motifs is 3. The third-order valence-corrected chi connectivity index (χ3v) is 12.6. The second-order valence-corrected chi connectivity index (χ2v) is 26.4. The Balaban J connectivity index is -0.000000410. The van der Waals surface area contributed by atoms with Gasteiger partial charge in [0, 0.05) is 12.8 Å². The maximum Gasteiger partial charge on any atom is 1.00 e. The van der Waals surface area contributed by atoms with E-state index in [1.54, 1.807) is 100 Å². The number of carboxylic acids is 3. The molecule has 3 aromatic rings. The van der Waals surface area contributed by atoms with Crippen LogP contribution in [-0.2, 0) is 90.7 Å². The molecule has 0 aliphatic carbocycles. The number of nitrogens with two attached hydrogens (primary N) is 2. The normalized spacial score (nSPS) is 12.2. The van der Waals surface area contributed by atoms with Crippen molar-refractivity contribution >= 4 is 120 Å². The van der Waals surface area contributed by atoms with Crippen molar-refractivity contribution in [3.63, 3.8) is 0 Å². The Kier molecular flexibility index (Phi) is 53.9. The van der Waals surface area contributed by atoms with E-state index in [4.69, 9.17) is 35.3 Å². The maximum atomic E-state index is 13.4. The van der Waals surface area contributed by atoms with Gasteiger partial charge in [-0.3, -0.25) is 88.0 Å². The number of amides is 5. The van der Waals surface area contributed by atoms with Crippen LogP contribution in [0.1, 0.15) is 222 Å². The number of cyclic esters (lactones) is 2. The zero-order valence-electron chi connectivity index (χ0n) is 65.6. The summed E-state index contributed by atoms with van der Waals surface area (Å²) in [6.07, 6.45) is -5.33. The van der Waals surface area contributed by atoms with E-state index >= 15 is 0 Å². The second-order valence-electron chi connectivity index (χ2n) is 26.4. The van der Waals surface area contributed by atoms with Gasteiger partial charge < -0.3 is 70.2 Å². The van der Waals surface area contributed by atoms with Crippen LogP contribution in [0.25, 0.3) is 0 Å². The first-order valence-corrected chi connectivity index (χ1v) is 33.7. The number of benzene rings is 3. The summed E-state index contributed by atoms with van der Waals surface area (Å²) in [7, 11) is 0. The summed E-state index contributed by atoms with van der Waals surface area (Å²) in [5.41, 5.74) is 8.45. The van der Waals surface area contributed by atoms with Gasteiger partial charge in [0.15, 0.2) is 0 Å². The number of rotatable bonds is 29. The number of esters is 8. The zero-order chi connectivity index (χ0) is 87.8. The molecule has 0 saturated heterocycles. The summed E-state index contributed by atoms with van der Waals surface area (Å²) < 4.78 is 137. The van der Waals surface area contributed by atoms with Crippen molar-refractivity contribution in [3.05, 3.63) is 106 Å². The van der Waals surface area contributed by atoms with Gasteiger partial charge in [-0.15, -0.1) is 12.4 Å². The van der Waals surface area contributed by atoms with Gasteiger partial charge in [-0.1, -0.05) is 42.8 Å². The average molecular weight is 1720 g/mol. The van der Waals surface area contributed by atoms with E-state index in [1.807, 2.05) is 0 Å². The number of carboxylic acid groups (broad SMARTS) is 3. The fraction of sp³-hybridized carbons (Fsp3) is 0.507. The van der Waals surface area contributed by atoms with Crippen molar-refractivity contribution in [1.82, 2.24) is 9.80 Å². The third kappa shape index (κ3) is 51.4. The number of ether oxygens (including phenoxy) is 7. The van der Waals surface area contributed by atoms with Crippen molar-refractivity contribution in [3.8, 4) is 0 Å². The fourth-order valence-corrected chi connectivity index (χ4v) is 8.30. The molecule has 3 aromatic carbocycles. The standard InChI is InChI=1S/C12H10F2N2O3.C12H9F2NO4.C12H20F2O4.C12H20O5.C8H14O4.C8H4O3.C5H7O3.C4H7F2NO2.ClH.K.H2O/c13-12(14,5-9(15)17)6-16-10(18)7-3-1-2-4-8(7)11(16)19;13-12(14,5-9(16)17)6-15-10(18)7-3-1-2-4-8(7)11(15)19;1-5-17-10(16)8-12(13,14)7-6-9(15)18-11(2,3)4;1-5-16-11(15)8-9(13)6-7-10(14)17-12(2,3)4;1-8(2,3)12-7(11)5-4-6(9)10;9-7-5-3-1-2-4-6(5)8(10)11-7;1-2-8-5(7)3-4-6;5-4(6,2-7)1-3(8)9;;;/h1-4H,5-6H2,(H2,15,17);1-4H,5-6H2,(H,16,17);5-8H2,1-4H3;5-8H2,1-4H3;4-5H2,1-3H3,(H,9,10);1-4H;2-3H2,1H3;1-2,7H2,(H,8,9);1H;;1H2/q;;;;;;-1;;;+1;/p-1. The number of nitrogens with zero attached hydrogens (tertiary/aromatic N) is 2. The van der Waals surface area contributed by atoms with Crippen LogP contribution in [0.3, 0.4) is 0 Å². The molecule has 0 radical (unpaired) electrons. The molecule has 33 nitrogen and oxygen atoms in total. The van der Waals surface area contributed by atoms with Crippen LogP contribution in [0.15, 0.2) is 72.8 Å². The van der Waals surface area contributed by atoms with Crippen molar-refractivity contribution in [2.75, 3.05) is 39.5 Å². The molecule has 3 heterocycles. The Morgan fingerprint density at radius 2 is 0.741 bits per heavy atom. The quantitative estimate of drug-likeness (QED) is 0.0100. The largest absolute Gasteiger partial charge is 1.00 e. The Hall–Kier alpha value is -9.59. The molecule has 0 aromatic heterocycles. The Morgan fingerprint density at radius 1 is 0.431 bits per heavy atom. The predicted molar refractivity (Wildman–Crippen MR) is 383 cm³/mol. The Morgan fingerprint density at radius 3 is 1.04 bits per heavy atom. The van der Waals surface area contributed by atoms with Crippen LogP contribution in [-0.4, -0.2) is 218 Å². The predicted octanol–water partition coefficient (Wildman–Crippen LogP) is 6.06. The summed E-state index contributed by atoms with van der Waals surface area (Å²) in [6, 6.07) is 18.2. The van der Waals surface area contributed by atoms with Crippen LogP contribution in [0.4, 0.5) is 35.1 Å². The molecule has 3 aliphatic rings. The van der Waals surface area contributed by atoms with Gasteiger partial charge in [0.2, 0.25) is 5.91 Å². The molecule has 0 spiro atoms. The molecule has 8 N–H and O–H groups in total. The van der Waals surface area contributed by atoms with Crippen LogP contribution in [0, 0.1) is 0 Å². The molecule has 0 atom stereocenters. The number of hydrogen-bond donors (Lipinski definition) is 5. The number of imide groups is 2. The number of primary amides is 1. The molecule has 0 saturated carbocycles. The molecule has 644 valence electrons. The first-order chi connectivity index (χ1) is 51.8. The van der Waals surface area contributed by atoms with E-state index in [0.29, 0.717) is 27.5 Å². The third-order valence-electron chi connectivity index (χ3n) is 12.6. The van der Waals surface area contributed by atoms with Crippen LogP contribution in [0.2, 0.25) is 0 Å². The van der Waals surface area contributed by atoms with Crippen LogP contribution >= 0.6 is 12.4 Å². The number of Topliss-reactive ketones (excluding diaryl/α,β-unsaturated/α-hetero) is 1. The van der Waals surface area contributed by atoms with Gasteiger partial charge in [0.25, 0.3) is 53.3 Å². The molecule has 5 amide bonds. The molecule has 0 unspecified atom stereocenters. The van der Waals surface area contributed by atoms with Gasteiger partial charge in [-0.05, 0) is 119 Å². The number of aliphatic carboxylic acids is 3. The Labute approximate surface area is 709 Å². The molecular weight excluding hydrogens is 1620 g/mol. The minimum absolute atomic E-state index is 0. The van der Waals surface area contributed by atoms with Crippen LogP contribution < -0.4 is 62.9 Å². The summed E-state index contributed by atoms with van der Waals surface area (Å²) >= 11 is 0. The van der Waals surface area contributed by atoms with Gasteiger partial charge in [-0.25, -0.2) is 44.7 Å². The van der Waals surface area contributed by atoms with Crippen molar-refractivity contribution in [1.29, 1.82) is 0 Å². The molecule has 0 bridgehead atoms. The van der Waals surface area contributed by atoms with E-state index in [0.717, 1.165) is 0 Å². The first-order valence-electron chi connectivity index (χ1n) is 33.7. The van der Waals surface area contributed by atoms with E-state index < -0.39 is 194 Å². The fourth-order valence-electron chi connectivity index (χ4n) is 8.30. The minimum Gasteiger partial charge on any atom is -0.870 e. The van der Waals surface area contributed by atoms with Crippen molar-refractivity contribution < 1.29 is 227 Å². The van der Waals surface area contributed by atoms with E-state index in [-0.39, 0.29) is 149 Å². The minimum atomic E-state index is -3.65. The maximum absolute atomic E-state index is 13.4. The topological polar surface area (TPSA) is 521 Å². The van der Waals surface area contributed by atoms with Crippen molar-refractivity contribution in [2.45, 2.75) is 201 Å². The number of hydrogen-bond acceptors (Lipinski definition) is 27. The van der Waals surface area contributed by atoms with Gasteiger partial charge >= 0.3 is 111 Å².